The van der Waals surface area contributed by atoms with Crippen LogP contribution in [0, 0.1) is 18.3 Å². The largest absolute Gasteiger partial charge is 0.248 e. The normalized spacial score (nSPS) is 10.2. The molecule has 0 saturated carbocycles. The molecule has 0 N–H and O–H groups in total. The Morgan fingerprint density at radius 1 is 1.46 bits per heavy atom. The zero-order valence-corrected chi connectivity index (χ0v) is 7.44. The van der Waals surface area contributed by atoms with E-state index in [4.69, 9.17) is 5.26 Å². The molecule has 13 heavy (non-hydrogen) atoms. The number of hydrogen-bond acceptors (Lipinski definition) is 3. The lowest BCUT2D eigenvalue weighted by Gasteiger charge is -1.96. The van der Waals surface area contributed by atoms with E-state index in [2.05, 4.69) is 16.4 Å². The summed E-state index contributed by atoms with van der Waals surface area (Å²) >= 11 is 0. The third-order valence-corrected chi connectivity index (χ3v) is 2.08. The van der Waals surface area contributed by atoms with Gasteiger partial charge in [0.2, 0.25) is 0 Å². The van der Waals surface area contributed by atoms with Crippen molar-refractivity contribution in [2.45, 2.75) is 6.92 Å². The molecule has 0 saturated heterocycles. The number of nitrogens with zero attached hydrogens (tertiary/aromatic N) is 4. The monoisotopic (exact) mass is 172 g/mol. The quantitative estimate of drug-likeness (QED) is 0.599. The molecule has 0 fully saturated rings. The average molecular weight is 172 g/mol. The number of aryl methyl sites for hydroxylation is 2. The minimum Gasteiger partial charge on any atom is -0.248 e. The van der Waals surface area contributed by atoms with Gasteiger partial charge in [-0.3, -0.25) is 0 Å². The number of rotatable bonds is 0. The summed E-state index contributed by atoms with van der Waals surface area (Å²) in [7, 11) is 1.81. The van der Waals surface area contributed by atoms with Gasteiger partial charge in [-0.2, -0.15) is 5.26 Å². The van der Waals surface area contributed by atoms with Crippen molar-refractivity contribution in [2.75, 3.05) is 0 Å². The second kappa shape index (κ2) is 2.56. The van der Waals surface area contributed by atoms with Gasteiger partial charge in [0.25, 0.3) is 0 Å². The fraction of sp³-hybridized carbons (Fsp3) is 0.222. The van der Waals surface area contributed by atoms with Crippen LogP contribution in [-0.4, -0.2) is 15.0 Å². The van der Waals surface area contributed by atoms with Gasteiger partial charge in [-0.25, -0.2) is 4.68 Å². The summed E-state index contributed by atoms with van der Waals surface area (Å²) < 4.78 is 1.66. The molecular formula is C9H8N4. The van der Waals surface area contributed by atoms with Crippen LogP contribution >= 0.6 is 0 Å². The van der Waals surface area contributed by atoms with Crippen LogP contribution in [0.4, 0.5) is 0 Å². The van der Waals surface area contributed by atoms with Crippen molar-refractivity contribution in [3.8, 4) is 6.07 Å². The third kappa shape index (κ3) is 1.05. The summed E-state index contributed by atoms with van der Waals surface area (Å²) in [6.07, 6.45) is 0. The van der Waals surface area contributed by atoms with E-state index in [0.717, 1.165) is 16.6 Å². The van der Waals surface area contributed by atoms with Crippen LogP contribution in [0.2, 0.25) is 0 Å². The first kappa shape index (κ1) is 7.74. The molecule has 2 rings (SSSR count). The molecule has 0 atom stereocenters. The van der Waals surface area contributed by atoms with Crippen LogP contribution in [0.5, 0.6) is 0 Å². The van der Waals surface area contributed by atoms with Gasteiger partial charge in [0.05, 0.1) is 17.1 Å². The molecule has 0 amide bonds. The van der Waals surface area contributed by atoms with E-state index in [9.17, 15) is 0 Å². The Bertz CT molecular complexity index is 504. The van der Waals surface area contributed by atoms with E-state index in [1.54, 1.807) is 4.68 Å². The summed E-state index contributed by atoms with van der Waals surface area (Å²) in [5.74, 6) is 0. The second-order valence-corrected chi connectivity index (χ2v) is 2.98. The summed E-state index contributed by atoms with van der Waals surface area (Å²) in [4.78, 5) is 0. The smallest absolute Gasteiger partial charge is 0.113 e. The molecular weight excluding hydrogens is 164 g/mol. The highest BCUT2D eigenvalue weighted by atomic mass is 15.4. The minimum absolute atomic E-state index is 0.679. The van der Waals surface area contributed by atoms with Crippen LogP contribution in [0.3, 0.4) is 0 Å². The zero-order chi connectivity index (χ0) is 9.42. The highest BCUT2D eigenvalue weighted by Crippen LogP contribution is 2.16. The number of fused-ring (bicyclic) bond motifs is 1. The maximum atomic E-state index is 8.81. The van der Waals surface area contributed by atoms with Crippen molar-refractivity contribution < 1.29 is 0 Å². The minimum atomic E-state index is 0.679. The zero-order valence-electron chi connectivity index (χ0n) is 7.44. The Balaban J connectivity index is 2.86. The molecule has 0 unspecified atom stereocenters. The van der Waals surface area contributed by atoms with E-state index >= 15 is 0 Å². The Morgan fingerprint density at radius 2 is 2.23 bits per heavy atom. The second-order valence-electron chi connectivity index (χ2n) is 2.98. The molecule has 0 aliphatic rings. The molecule has 64 valence electrons. The molecule has 4 nitrogen and oxygen atoms in total. The van der Waals surface area contributed by atoms with Gasteiger partial charge in [-0.05, 0) is 24.6 Å². The molecule has 2 aromatic rings. The fourth-order valence-electron chi connectivity index (χ4n) is 1.30. The van der Waals surface area contributed by atoms with Crippen LogP contribution in [0.1, 0.15) is 11.1 Å². The Hall–Kier alpha value is -1.89. The van der Waals surface area contributed by atoms with Crippen LogP contribution in [-0.2, 0) is 7.05 Å². The number of nitriles is 1. The maximum absolute atomic E-state index is 8.81. The number of hydrogen-bond donors (Lipinski definition) is 0. The lowest BCUT2D eigenvalue weighted by atomic mass is 10.1. The van der Waals surface area contributed by atoms with Crippen molar-refractivity contribution in [2.24, 2.45) is 7.05 Å². The summed E-state index contributed by atoms with van der Waals surface area (Å²) in [5.41, 5.74) is 3.34. The van der Waals surface area contributed by atoms with Crippen molar-refractivity contribution in [3.63, 3.8) is 0 Å². The van der Waals surface area contributed by atoms with Crippen molar-refractivity contribution >= 4 is 11.0 Å². The van der Waals surface area contributed by atoms with Crippen LogP contribution in [0.25, 0.3) is 11.0 Å². The molecule has 1 heterocycles. The Kier molecular flexibility index (Phi) is 1.52. The van der Waals surface area contributed by atoms with E-state index in [1.807, 2.05) is 26.1 Å². The molecule has 0 aliphatic heterocycles. The lowest BCUT2D eigenvalue weighted by molar-refractivity contribution is 0.736. The summed E-state index contributed by atoms with van der Waals surface area (Å²) in [6.45, 7) is 1.90. The first-order valence-corrected chi connectivity index (χ1v) is 3.92. The molecule has 1 aromatic heterocycles. The van der Waals surface area contributed by atoms with E-state index in [-0.39, 0.29) is 0 Å². The molecule has 4 heteroatoms. The highest BCUT2D eigenvalue weighted by molar-refractivity contribution is 5.77. The van der Waals surface area contributed by atoms with Crippen molar-refractivity contribution in [1.29, 1.82) is 5.26 Å². The standard InChI is InChI=1S/C9H8N4/c1-6-3-8-9(4-7(6)5-10)13(2)12-11-8/h3-4H,1-2H3. The van der Waals surface area contributed by atoms with Gasteiger partial charge < -0.3 is 0 Å². The third-order valence-electron chi connectivity index (χ3n) is 2.08. The molecule has 1 aromatic carbocycles. The molecule has 0 aliphatic carbocycles. The van der Waals surface area contributed by atoms with Gasteiger partial charge in [-0.15, -0.1) is 5.10 Å². The summed E-state index contributed by atoms with van der Waals surface area (Å²) in [5, 5.41) is 16.6. The Morgan fingerprint density at radius 3 is 2.92 bits per heavy atom. The predicted octanol–water partition coefficient (Wildman–Crippen LogP) is 1.15. The highest BCUT2D eigenvalue weighted by Gasteiger charge is 2.05. The van der Waals surface area contributed by atoms with Gasteiger partial charge in [0.1, 0.15) is 5.52 Å². The van der Waals surface area contributed by atoms with Crippen molar-refractivity contribution in [3.05, 3.63) is 23.3 Å². The van der Waals surface area contributed by atoms with E-state index < -0.39 is 0 Å². The van der Waals surface area contributed by atoms with Crippen LogP contribution < -0.4 is 0 Å². The Labute approximate surface area is 75.4 Å². The first-order valence-electron chi connectivity index (χ1n) is 3.92. The van der Waals surface area contributed by atoms with E-state index in [1.165, 1.54) is 0 Å². The predicted molar refractivity (Wildman–Crippen MR) is 48.0 cm³/mol. The average Bonchev–Trinajstić information content (AvgIpc) is 2.46. The lowest BCUT2D eigenvalue weighted by Crippen LogP contribution is -1.90. The van der Waals surface area contributed by atoms with Gasteiger partial charge >= 0.3 is 0 Å². The van der Waals surface area contributed by atoms with Gasteiger partial charge in [-0.1, -0.05) is 5.21 Å². The fourth-order valence-corrected chi connectivity index (χ4v) is 1.30. The summed E-state index contributed by atoms with van der Waals surface area (Å²) in [6, 6.07) is 5.82. The maximum Gasteiger partial charge on any atom is 0.113 e. The SMILES string of the molecule is Cc1cc2nnn(C)c2cc1C#N. The number of aromatic nitrogens is 3. The van der Waals surface area contributed by atoms with Crippen molar-refractivity contribution in [1.82, 2.24) is 15.0 Å². The van der Waals surface area contributed by atoms with E-state index in [0.29, 0.717) is 5.56 Å². The van der Waals surface area contributed by atoms with Crippen LogP contribution in [0.15, 0.2) is 12.1 Å². The molecule has 0 spiro atoms. The molecule has 0 bridgehead atoms. The molecule has 0 radical (unpaired) electrons. The number of benzene rings is 1. The van der Waals surface area contributed by atoms with Gasteiger partial charge in [0.15, 0.2) is 0 Å². The van der Waals surface area contributed by atoms with Gasteiger partial charge in [0, 0.05) is 7.05 Å². The first-order chi connectivity index (χ1) is 6.22. The topological polar surface area (TPSA) is 54.5 Å².